The van der Waals surface area contributed by atoms with Crippen molar-refractivity contribution < 1.29 is 0 Å². The van der Waals surface area contributed by atoms with Crippen LogP contribution in [0, 0.1) is 0 Å². The number of aromatic nitrogens is 3. The van der Waals surface area contributed by atoms with Crippen LogP contribution in [-0.4, -0.2) is 15.0 Å². The minimum atomic E-state index is 0.654. The lowest BCUT2D eigenvalue weighted by atomic mass is 9.91. The Hall–Kier alpha value is -6.23. The summed E-state index contributed by atoms with van der Waals surface area (Å²) >= 11 is 1.90. The van der Waals surface area contributed by atoms with Crippen molar-refractivity contribution in [3.63, 3.8) is 0 Å². The van der Waals surface area contributed by atoms with E-state index in [4.69, 9.17) is 15.0 Å². The highest BCUT2D eigenvalue weighted by molar-refractivity contribution is 7.27. The van der Waals surface area contributed by atoms with E-state index in [1.54, 1.807) is 0 Å². The molecule has 10 aromatic rings. The first-order valence-corrected chi connectivity index (χ1v) is 17.3. The molecule has 0 aliphatic heterocycles. The Morgan fingerprint density at radius 2 is 0.816 bits per heavy atom. The molecule has 0 amide bonds. The third kappa shape index (κ3) is 4.61. The van der Waals surface area contributed by atoms with Crippen molar-refractivity contribution in [3.05, 3.63) is 164 Å². The third-order valence-corrected chi connectivity index (χ3v) is 10.7. The molecule has 0 N–H and O–H groups in total. The molecule has 0 saturated heterocycles. The standard InChI is InChI=1S/C45H27N3S/c1-3-13-31(14-4-1)43-46-44(32-15-5-2-6-16-32)48-45(47-43)33-22-19-30(20-23-33)37-27-34-24-21-28-11-7-9-17-35(28)39(34)42-41(37)40-36-18-10-8-12-29(36)25-26-38(40)49-42/h1-27H. The molecular weight excluding hydrogens is 615 g/mol. The zero-order chi connectivity index (χ0) is 32.3. The van der Waals surface area contributed by atoms with Crippen LogP contribution in [0.15, 0.2) is 164 Å². The highest BCUT2D eigenvalue weighted by Gasteiger charge is 2.19. The average Bonchev–Trinajstić information content (AvgIpc) is 3.58. The lowest BCUT2D eigenvalue weighted by molar-refractivity contribution is 1.07. The number of hydrogen-bond donors (Lipinski definition) is 0. The first-order valence-electron chi connectivity index (χ1n) is 16.4. The van der Waals surface area contributed by atoms with Gasteiger partial charge < -0.3 is 0 Å². The fraction of sp³-hybridized carbons (Fsp3) is 0. The predicted molar refractivity (Wildman–Crippen MR) is 207 cm³/mol. The van der Waals surface area contributed by atoms with Gasteiger partial charge in [0.15, 0.2) is 17.5 Å². The van der Waals surface area contributed by atoms with Crippen LogP contribution in [0.2, 0.25) is 0 Å². The van der Waals surface area contributed by atoms with Gasteiger partial charge in [-0.2, -0.15) is 0 Å². The molecular formula is C45H27N3S. The van der Waals surface area contributed by atoms with Gasteiger partial charge in [-0.05, 0) is 50.2 Å². The van der Waals surface area contributed by atoms with Crippen LogP contribution >= 0.6 is 11.3 Å². The number of nitrogens with zero attached hydrogens (tertiary/aromatic N) is 3. The summed E-state index contributed by atoms with van der Waals surface area (Å²) in [5.74, 6) is 1.98. The highest BCUT2D eigenvalue weighted by atomic mass is 32.1. The molecule has 0 atom stereocenters. The predicted octanol–water partition coefficient (Wildman–Crippen LogP) is 12.4. The first kappa shape index (κ1) is 27.8. The van der Waals surface area contributed by atoms with E-state index in [0.717, 1.165) is 22.3 Å². The van der Waals surface area contributed by atoms with Crippen molar-refractivity contribution in [2.24, 2.45) is 0 Å². The fourth-order valence-electron chi connectivity index (χ4n) is 7.16. The lowest BCUT2D eigenvalue weighted by Gasteiger charge is -2.12. The van der Waals surface area contributed by atoms with E-state index in [9.17, 15) is 0 Å². The lowest BCUT2D eigenvalue weighted by Crippen LogP contribution is -2.00. The fourth-order valence-corrected chi connectivity index (χ4v) is 8.47. The quantitative estimate of drug-likeness (QED) is 0.180. The SMILES string of the molecule is c1ccc(-c2nc(-c3ccccc3)nc(-c3ccc(-c4cc5ccc6ccccc6c5c5sc6ccc7ccccc7c6c45)cc3)n2)cc1. The Morgan fingerprint density at radius 3 is 1.43 bits per heavy atom. The average molecular weight is 642 g/mol. The molecule has 0 spiro atoms. The van der Waals surface area contributed by atoms with Crippen LogP contribution in [0.1, 0.15) is 0 Å². The van der Waals surface area contributed by atoms with E-state index in [1.165, 1.54) is 58.1 Å². The van der Waals surface area contributed by atoms with Crippen molar-refractivity contribution in [3.8, 4) is 45.3 Å². The third-order valence-electron chi connectivity index (χ3n) is 9.49. The number of hydrogen-bond acceptors (Lipinski definition) is 4. The molecule has 228 valence electrons. The molecule has 0 fully saturated rings. The van der Waals surface area contributed by atoms with Crippen LogP contribution in [0.5, 0.6) is 0 Å². The Bertz CT molecular complexity index is 2800. The molecule has 8 aromatic carbocycles. The van der Waals surface area contributed by atoms with Crippen LogP contribution in [0.4, 0.5) is 0 Å². The van der Waals surface area contributed by atoms with E-state index in [0.29, 0.717) is 17.5 Å². The normalized spacial score (nSPS) is 11.7. The maximum absolute atomic E-state index is 4.97. The Labute approximate surface area is 286 Å². The van der Waals surface area contributed by atoms with Gasteiger partial charge in [0.1, 0.15) is 0 Å². The van der Waals surface area contributed by atoms with Gasteiger partial charge in [0.05, 0.1) is 0 Å². The second-order valence-electron chi connectivity index (χ2n) is 12.4. The molecule has 3 nitrogen and oxygen atoms in total. The summed E-state index contributed by atoms with van der Waals surface area (Å²) in [5, 5.41) is 10.3. The van der Waals surface area contributed by atoms with Gasteiger partial charge in [-0.3, -0.25) is 0 Å². The summed E-state index contributed by atoms with van der Waals surface area (Å²) in [4.78, 5) is 14.8. The molecule has 49 heavy (non-hydrogen) atoms. The smallest absolute Gasteiger partial charge is 0.164 e. The maximum atomic E-state index is 4.97. The maximum Gasteiger partial charge on any atom is 0.164 e. The van der Waals surface area contributed by atoms with Crippen LogP contribution < -0.4 is 0 Å². The van der Waals surface area contributed by atoms with Gasteiger partial charge in [-0.25, -0.2) is 15.0 Å². The number of thiophene rings is 1. The van der Waals surface area contributed by atoms with Crippen LogP contribution in [0.25, 0.3) is 97.8 Å². The van der Waals surface area contributed by atoms with Crippen molar-refractivity contribution in [2.45, 2.75) is 0 Å². The minimum Gasteiger partial charge on any atom is -0.208 e. The highest BCUT2D eigenvalue weighted by Crippen LogP contribution is 2.48. The molecule has 10 rings (SSSR count). The molecule has 0 unspecified atom stereocenters. The number of fused-ring (bicyclic) bond motifs is 9. The Morgan fingerprint density at radius 1 is 0.347 bits per heavy atom. The van der Waals surface area contributed by atoms with Crippen LogP contribution in [0.3, 0.4) is 0 Å². The van der Waals surface area contributed by atoms with Crippen LogP contribution in [-0.2, 0) is 0 Å². The molecule has 2 aromatic heterocycles. The summed E-state index contributed by atoms with van der Waals surface area (Å²) in [5.41, 5.74) is 5.27. The molecule has 0 bridgehead atoms. The van der Waals surface area contributed by atoms with Gasteiger partial charge in [0.2, 0.25) is 0 Å². The molecule has 0 radical (unpaired) electrons. The van der Waals surface area contributed by atoms with Gasteiger partial charge in [-0.15, -0.1) is 11.3 Å². The van der Waals surface area contributed by atoms with E-state index in [2.05, 4.69) is 103 Å². The molecule has 0 saturated carbocycles. The number of benzene rings is 8. The van der Waals surface area contributed by atoms with Crippen molar-refractivity contribution in [1.82, 2.24) is 15.0 Å². The summed E-state index contributed by atoms with van der Waals surface area (Å²) < 4.78 is 2.64. The molecule has 4 heteroatoms. The van der Waals surface area contributed by atoms with E-state index >= 15 is 0 Å². The largest absolute Gasteiger partial charge is 0.208 e. The van der Waals surface area contributed by atoms with Gasteiger partial charge in [0, 0.05) is 42.2 Å². The zero-order valence-corrected chi connectivity index (χ0v) is 27.2. The van der Waals surface area contributed by atoms with Crippen molar-refractivity contribution in [2.75, 3.05) is 0 Å². The Balaban J connectivity index is 1.20. The van der Waals surface area contributed by atoms with Gasteiger partial charge in [-0.1, -0.05) is 152 Å². The van der Waals surface area contributed by atoms with Gasteiger partial charge >= 0.3 is 0 Å². The first-order chi connectivity index (χ1) is 24.3. The number of rotatable bonds is 4. The molecule has 0 aliphatic carbocycles. The molecule has 2 heterocycles. The van der Waals surface area contributed by atoms with E-state index in [-0.39, 0.29) is 0 Å². The summed E-state index contributed by atoms with van der Waals surface area (Å²) in [6.45, 7) is 0. The second-order valence-corrected chi connectivity index (χ2v) is 13.4. The summed E-state index contributed by atoms with van der Waals surface area (Å²) in [7, 11) is 0. The molecule has 0 aliphatic rings. The van der Waals surface area contributed by atoms with E-state index < -0.39 is 0 Å². The minimum absolute atomic E-state index is 0.654. The monoisotopic (exact) mass is 641 g/mol. The van der Waals surface area contributed by atoms with E-state index in [1.807, 2.05) is 72.0 Å². The summed E-state index contributed by atoms with van der Waals surface area (Å²) in [6, 6.07) is 57.9. The van der Waals surface area contributed by atoms with Crippen molar-refractivity contribution >= 4 is 63.8 Å². The van der Waals surface area contributed by atoms with Crippen molar-refractivity contribution in [1.29, 1.82) is 0 Å². The van der Waals surface area contributed by atoms with Gasteiger partial charge in [0.25, 0.3) is 0 Å². The second kappa shape index (κ2) is 11.2. The Kier molecular flexibility index (Phi) is 6.36. The zero-order valence-electron chi connectivity index (χ0n) is 26.3. The topological polar surface area (TPSA) is 38.7 Å². The summed E-state index contributed by atoms with van der Waals surface area (Å²) in [6.07, 6.45) is 0.